The SMILES string of the molecule is CN(CCCCc1csc2ccccc12)CCCN1Cc2cc3c(cc2C1=O)OCO3. The van der Waals surface area contributed by atoms with Crippen LogP contribution in [0.2, 0.25) is 0 Å². The fourth-order valence-corrected chi connectivity index (χ4v) is 5.51. The summed E-state index contributed by atoms with van der Waals surface area (Å²) in [5, 5.41) is 3.73. The van der Waals surface area contributed by atoms with Crippen LogP contribution >= 0.6 is 11.3 Å². The molecule has 5 rings (SSSR count). The normalized spacial score (nSPS) is 14.8. The number of aryl methyl sites for hydroxylation is 1. The number of hydrogen-bond donors (Lipinski definition) is 0. The van der Waals surface area contributed by atoms with E-state index in [-0.39, 0.29) is 12.7 Å². The van der Waals surface area contributed by atoms with Crippen molar-refractivity contribution >= 4 is 27.3 Å². The van der Waals surface area contributed by atoms with Gasteiger partial charge in [0.1, 0.15) is 0 Å². The van der Waals surface area contributed by atoms with Crippen LogP contribution < -0.4 is 9.47 Å². The molecule has 0 radical (unpaired) electrons. The Balaban J connectivity index is 1.03. The molecule has 0 unspecified atom stereocenters. The van der Waals surface area contributed by atoms with Gasteiger partial charge >= 0.3 is 0 Å². The smallest absolute Gasteiger partial charge is 0.254 e. The Bertz CT molecular complexity index is 1090. The van der Waals surface area contributed by atoms with Crippen LogP contribution in [0.4, 0.5) is 0 Å². The first-order chi connectivity index (χ1) is 15.2. The van der Waals surface area contributed by atoms with Crippen molar-refractivity contribution in [3.63, 3.8) is 0 Å². The Morgan fingerprint density at radius 3 is 2.77 bits per heavy atom. The van der Waals surface area contributed by atoms with Crippen molar-refractivity contribution < 1.29 is 14.3 Å². The summed E-state index contributed by atoms with van der Waals surface area (Å²) in [5.41, 5.74) is 3.29. The molecule has 3 heterocycles. The predicted octanol–water partition coefficient (Wildman–Crippen LogP) is 4.93. The molecule has 3 aromatic rings. The Morgan fingerprint density at radius 1 is 1.06 bits per heavy atom. The van der Waals surface area contributed by atoms with E-state index in [1.165, 1.54) is 28.5 Å². The lowest BCUT2D eigenvalue weighted by Crippen LogP contribution is -2.29. The second-order valence-corrected chi connectivity index (χ2v) is 9.37. The molecule has 2 aromatic carbocycles. The fourth-order valence-electron chi connectivity index (χ4n) is 4.51. The highest BCUT2D eigenvalue weighted by atomic mass is 32.1. The summed E-state index contributed by atoms with van der Waals surface area (Å²) in [5.74, 6) is 1.55. The third-order valence-corrected chi connectivity index (χ3v) is 7.25. The van der Waals surface area contributed by atoms with E-state index < -0.39 is 0 Å². The van der Waals surface area contributed by atoms with E-state index in [0.717, 1.165) is 49.4 Å². The van der Waals surface area contributed by atoms with E-state index in [4.69, 9.17) is 9.47 Å². The highest BCUT2D eigenvalue weighted by Crippen LogP contribution is 2.38. The van der Waals surface area contributed by atoms with Gasteiger partial charge in [0.25, 0.3) is 5.91 Å². The number of amides is 1. The number of carbonyl (C=O) groups is 1. The van der Waals surface area contributed by atoms with Gasteiger partial charge in [-0.05, 0) is 85.9 Å². The summed E-state index contributed by atoms with van der Waals surface area (Å²) in [7, 11) is 2.18. The van der Waals surface area contributed by atoms with E-state index in [1.807, 2.05) is 28.4 Å². The average Bonchev–Trinajstić information content (AvgIpc) is 3.48. The summed E-state index contributed by atoms with van der Waals surface area (Å²) >= 11 is 1.85. The molecule has 0 fully saturated rings. The quantitative estimate of drug-likeness (QED) is 0.446. The van der Waals surface area contributed by atoms with Gasteiger partial charge in [0.15, 0.2) is 11.5 Å². The summed E-state index contributed by atoms with van der Waals surface area (Å²) < 4.78 is 12.2. The summed E-state index contributed by atoms with van der Waals surface area (Å²) in [6, 6.07) is 12.5. The van der Waals surface area contributed by atoms with E-state index in [2.05, 4.69) is 41.6 Å². The van der Waals surface area contributed by atoms with E-state index in [1.54, 1.807) is 0 Å². The standard InChI is InChI=1S/C25H28N2O3S/c1-26(10-5-4-7-18-16-31-24-9-3-2-8-20(18)24)11-6-12-27-15-19-13-22-23(30-17-29-22)14-21(19)25(27)28/h2-3,8-9,13-14,16H,4-7,10-12,15,17H2,1H3. The molecule has 0 bridgehead atoms. The molecule has 2 aliphatic heterocycles. The van der Waals surface area contributed by atoms with Crippen molar-refractivity contribution in [2.24, 2.45) is 0 Å². The first-order valence-corrected chi connectivity index (χ1v) is 11.9. The van der Waals surface area contributed by atoms with Gasteiger partial charge in [0.05, 0.1) is 0 Å². The molecular weight excluding hydrogens is 408 g/mol. The lowest BCUT2D eigenvalue weighted by Gasteiger charge is -2.20. The molecule has 2 aliphatic rings. The number of fused-ring (bicyclic) bond motifs is 3. The highest BCUT2D eigenvalue weighted by Gasteiger charge is 2.30. The number of hydrogen-bond acceptors (Lipinski definition) is 5. The van der Waals surface area contributed by atoms with Crippen LogP contribution in [0.5, 0.6) is 11.5 Å². The van der Waals surface area contributed by atoms with Gasteiger partial charge in [0.2, 0.25) is 6.79 Å². The molecular formula is C25H28N2O3S. The first kappa shape index (κ1) is 20.3. The Kier molecular flexibility index (Phi) is 5.83. The zero-order valence-corrected chi connectivity index (χ0v) is 18.7. The van der Waals surface area contributed by atoms with E-state index in [9.17, 15) is 4.79 Å². The van der Waals surface area contributed by atoms with Crippen molar-refractivity contribution in [1.29, 1.82) is 0 Å². The third kappa shape index (κ3) is 4.27. The number of benzene rings is 2. The second-order valence-electron chi connectivity index (χ2n) is 8.46. The maximum absolute atomic E-state index is 12.7. The lowest BCUT2D eigenvalue weighted by molar-refractivity contribution is 0.0771. The molecule has 0 N–H and O–H groups in total. The second kappa shape index (κ2) is 8.89. The number of carbonyl (C=O) groups excluding carboxylic acids is 1. The van der Waals surface area contributed by atoms with Gasteiger partial charge < -0.3 is 19.3 Å². The van der Waals surface area contributed by atoms with Gasteiger partial charge in [-0.1, -0.05) is 18.2 Å². The number of unbranched alkanes of at least 4 members (excludes halogenated alkanes) is 1. The zero-order chi connectivity index (χ0) is 21.2. The Morgan fingerprint density at radius 2 is 1.87 bits per heavy atom. The van der Waals surface area contributed by atoms with Crippen molar-refractivity contribution in [3.8, 4) is 11.5 Å². The van der Waals surface area contributed by atoms with Crippen LogP contribution in [0.3, 0.4) is 0 Å². The summed E-state index contributed by atoms with van der Waals surface area (Å²) in [6.45, 7) is 3.79. The maximum atomic E-state index is 12.7. The van der Waals surface area contributed by atoms with Crippen LogP contribution in [0.1, 0.15) is 40.7 Å². The van der Waals surface area contributed by atoms with Gasteiger partial charge in [-0.2, -0.15) is 0 Å². The molecule has 1 amide bonds. The zero-order valence-electron chi connectivity index (χ0n) is 17.9. The number of ether oxygens (including phenoxy) is 2. The number of rotatable bonds is 9. The van der Waals surface area contributed by atoms with Crippen molar-refractivity contribution in [2.75, 3.05) is 33.5 Å². The van der Waals surface area contributed by atoms with Crippen LogP contribution in [-0.2, 0) is 13.0 Å². The summed E-state index contributed by atoms with van der Waals surface area (Å²) in [4.78, 5) is 17.0. The molecule has 0 saturated carbocycles. The van der Waals surface area contributed by atoms with Gasteiger partial charge in [-0.25, -0.2) is 0 Å². The van der Waals surface area contributed by atoms with Crippen LogP contribution in [0.15, 0.2) is 41.8 Å². The van der Waals surface area contributed by atoms with Gasteiger partial charge in [-0.3, -0.25) is 4.79 Å². The molecule has 1 aromatic heterocycles. The van der Waals surface area contributed by atoms with E-state index >= 15 is 0 Å². The number of thiophene rings is 1. The molecule has 31 heavy (non-hydrogen) atoms. The molecule has 0 saturated heterocycles. The molecule has 5 nitrogen and oxygen atoms in total. The van der Waals surface area contributed by atoms with Crippen LogP contribution in [0.25, 0.3) is 10.1 Å². The third-order valence-electron chi connectivity index (χ3n) is 6.24. The van der Waals surface area contributed by atoms with Crippen molar-refractivity contribution in [3.05, 3.63) is 58.5 Å². The molecule has 0 atom stereocenters. The van der Waals surface area contributed by atoms with Crippen molar-refractivity contribution in [2.45, 2.75) is 32.2 Å². The minimum Gasteiger partial charge on any atom is -0.454 e. The van der Waals surface area contributed by atoms with Crippen LogP contribution in [0, 0.1) is 0 Å². The monoisotopic (exact) mass is 436 g/mol. The van der Waals surface area contributed by atoms with Crippen molar-refractivity contribution in [1.82, 2.24) is 9.80 Å². The number of nitrogens with zero attached hydrogens (tertiary/aromatic N) is 2. The van der Waals surface area contributed by atoms with Crippen LogP contribution in [-0.4, -0.2) is 49.2 Å². The summed E-state index contributed by atoms with van der Waals surface area (Å²) in [6.07, 6.45) is 4.54. The molecule has 6 heteroatoms. The lowest BCUT2D eigenvalue weighted by atomic mass is 10.1. The molecule has 162 valence electrons. The molecule has 0 aliphatic carbocycles. The van der Waals surface area contributed by atoms with Gasteiger partial charge in [-0.15, -0.1) is 11.3 Å². The largest absolute Gasteiger partial charge is 0.454 e. The average molecular weight is 437 g/mol. The topological polar surface area (TPSA) is 42.0 Å². The Labute approximate surface area is 187 Å². The fraction of sp³-hybridized carbons (Fsp3) is 0.400. The highest BCUT2D eigenvalue weighted by molar-refractivity contribution is 7.17. The predicted molar refractivity (Wildman–Crippen MR) is 124 cm³/mol. The first-order valence-electron chi connectivity index (χ1n) is 11.0. The Hall–Kier alpha value is -2.57. The molecule has 0 spiro atoms. The minimum absolute atomic E-state index is 0.110. The van der Waals surface area contributed by atoms with E-state index in [0.29, 0.717) is 12.3 Å². The minimum atomic E-state index is 0.110. The maximum Gasteiger partial charge on any atom is 0.254 e. The van der Waals surface area contributed by atoms with Gasteiger partial charge in [0, 0.05) is 23.4 Å².